The SMILES string of the molecule is O=C(NCc1ccc(Cn2cncn2)cc1)c1ccc(O)c(Cl)c1. The molecule has 6 nitrogen and oxygen atoms in total. The van der Waals surface area contributed by atoms with Crippen LogP contribution in [0.5, 0.6) is 5.75 Å². The van der Waals surface area contributed by atoms with Crippen molar-refractivity contribution in [3.63, 3.8) is 0 Å². The number of phenolic OH excluding ortho intramolecular Hbond substituents is 1. The molecule has 1 heterocycles. The van der Waals surface area contributed by atoms with Gasteiger partial charge in [0, 0.05) is 12.1 Å². The summed E-state index contributed by atoms with van der Waals surface area (Å²) in [7, 11) is 0. The number of carbonyl (C=O) groups is 1. The second kappa shape index (κ2) is 7.14. The predicted octanol–water partition coefficient (Wildman–Crippen LogP) is 2.62. The van der Waals surface area contributed by atoms with E-state index in [2.05, 4.69) is 15.4 Å². The van der Waals surface area contributed by atoms with Gasteiger partial charge in [-0.3, -0.25) is 4.79 Å². The first kappa shape index (κ1) is 16.0. The fourth-order valence-corrected chi connectivity index (χ4v) is 2.38. The third-order valence-corrected chi connectivity index (χ3v) is 3.80. The lowest BCUT2D eigenvalue weighted by Gasteiger charge is -2.07. The van der Waals surface area contributed by atoms with Crippen LogP contribution in [0.15, 0.2) is 55.1 Å². The second-order valence-electron chi connectivity index (χ2n) is 5.26. The molecule has 0 fully saturated rings. The van der Waals surface area contributed by atoms with Crippen LogP contribution in [0.4, 0.5) is 0 Å². The van der Waals surface area contributed by atoms with Crippen molar-refractivity contribution in [3.05, 3.63) is 76.8 Å². The van der Waals surface area contributed by atoms with Crippen LogP contribution in [0.1, 0.15) is 21.5 Å². The molecule has 3 rings (SSSR count). The topological polar surface area (TPSA) is 80.0 Å². The zero-order valence-electron chi connectivity index (χ0n) is 12.7. The van der Waals surface area contributed by atoms with E-state index in [9.17, 15) is 9.90 Å². The molecule has 2 N–H and O–H groups in total. The molecule has 0 aliphatic carbocycles. The number of hydrogen-bond acceptors (Lipinski definition) is 4. The van der Waals surface area contributed by atoms with Gasteiger partial charge >= 0.3 is 0 Å². The maximum atomic E-state index is 12.1. The van der Waals surface area contributed by atoms with Gasteiger partial charge in [0.25, 0.3) is 5.91 Å². The molecule has 0 radical (unpaired) electrons. The number of carbonyl (C=O) groups excluding carboxylic acids is 1. The van der Waals surface area contributed by atoms with Crippen LogP contribution in [0, 0.1) is 0 Å². The predicted molar refractivity (Wildman–Crippen MR) is 89.9 cm³/mol. The lowest BCUT2D eigenvalue weighted by Crippen LogP contribution is -2.22. The van der Waals surface area contributed by atoms with Crippen LogP contribution in [-0.2, 0) is 13.1 Å². The molecule has 1 aromatic heterocycles. The zero-order valence-corrected chi connectivity index (χ0v) is 13.4. The van der Waals surface area contributed by atoms with Gasteiger partial charge in [0.15, 0.2) is 0 Å². The van der Waals surface area contributed by atoms with E-state index in [1.807, 2.05) is 24.3 Å². The van der Waals surface area contributed by atoms with Crippen molar-refractivity contribution in [1.82, 2.24) is 20.1 Å². The third-order valence-electron chi connectivity index (χ3n) is 3.50. The Balaban J connectivity index is 1.58. The molecule has 0 spiro atoms. The van der Waals surface area contributed by atoms with Crippen molar-refractivity contribution in [2.75, 3.05) is 0 Å². The summed E-state index contributed by atoms with van der Waals surface area (Å²) in [6, 6.07) is 12.2. The average molecular weight is 343 g/mol. The summed E-state index contributed by atoms with van der Waals surface area (Å²) < 4.78 is 1.74. The van der Waals surface area contributed by atoms with Crippen molar-refractivity contribution in [1.29, 1.82) is 0 Å². The number of amides is 1. The number of phenols is 1. The number of nitrogens with one attached hydrogen (secondary N) is 1. The molecular weight excluding hydrogens is 328 g/mol. The highest BCUT2D eigenvalue weighted by Gasteiger charge is 2.08. The van der Waals surface area contributed by atoms with Crippen molar-refractivity contribution >= 4 is 17.5 Å². The molecule has 0 saturated carbocycles. The minimum absolute atomic E-state index is 0.0452. The molecule has 0 saturated heterocycles. The van der Waals surface area contributed by atoms with Crippen LogP contribution in [-0.4, -0.2) is 25.8 Å². The highest BCUT2D eigenvalue weighted by molar-refractivity contribution is 6.32. The van der Waals surface area contributed by atoms with Gasteiger partial charge in [-0.2, -0.15) is 5.10 Å². The van der Waals surface area contributed by atoms with Gasteiger partial charge in [-0.15, -0.1) is 0 Å². The molecule has 24 heavy (non-hydrogen) atoms. The first-order chi connectivity index (χ1) is 11.6. The monoisotopic (exact) mass is 342 g/mol. The summed E-state index contributed by atoms with van der Waals surface area (Å²) in [5.41, 5.74) is 2.48. The highest BCUT2D eigenvalue weighted by Crippen LogP contribution is 2.23. The Morgan fingerprint density at radius 1 is 1.17 bits per heavy atom. The van der Waals surface area contributed by atoms with Crippen LogP contribution in [0.3, 0.4) is 0 Å². The number of nitrogens with zero attached hydrogens (tertiary/aromatic N) is 3. The standard InChI is InChI=1S/C17H15ClN4O2/c18-15-7-14(5-6-16(15)23)17(24)20-8-12-1-3-13(4-2-12)9-22-11-19-10-21-22/h1-7,10-11,23H,8-9H2,(H,20,24). The summed E-state index contributed by atoms with van der Waals surface area (Å²) in [5.74, 6) is -0.292. The lowest BCUT2D eigenvalue weighted by molar-refractivity contribution is 0.0951. The molecule has 0 aliphatic heterocycles. The molecule has 7 heteroatoms. The van der Waals surface area contributed by atoms with Gasteiger partial charge in [-0.25, -0.2) is 9.67 Å². The Hall–Kier alpha value is -2.86. The molecule has 3 aromatic rings. The minimum Gasteiger partial charge on any atom is -0.506 e. The third kappa shape index (κ3) is 3.91. The van der Waals surface area contributed by atoms with Gasteiger partial charge in [0.05, 0.1) is 11.6 Å². The van der Waals surface area contributed by atoms with E-state index in [0.29, 0.717) is 18.7 Å². The number of rotatable bonds is 5. The molecular formula is C17H15ClN4O2. The van der Waals surface area contributed by atoms with E-state index in [1.165, 1.54) is 24.5 Å². The Kier molecular flexibility index (Phi) is 4.77. The summed E-state index contributed by atoms with van der Waals surface area (Å²) in [6.07, 6.45) is 3.16. The number of hydrogen-bond donors (Lipinski definition) is 2. The molecule has 0 atom stereocenters. The fourth-order valence-electron chi connectivity index (χ4n) is 2.20. The maximum absolute atomic E-state index is 12.1. The van der Waals surface area contributed by atoms with E-state index in [1.54, 1.807) is 11.0 Å². The average Bonchev–Trinajstić information content (AvgIpc) is 3.09. The normalized spacial score (nSPS) is 10.5. The van der Waals surface area contributed by atoms with Gasteiger partial charge in [-0.05, 0) is 29.3 Å². The fraction of sp³-hybridized carbons (Fsp3) is 0.118. The molecule has 0 aliphatic rings. The first-order valence-corrected chi connectivity index (χ1v) is 7.66. The lowest BCUT2D eigenvalue weighted by atomic mass is 10.1. The van der Waals surface area contributed by atoms with E-state index in [-0.39, 0.29) is 16.7 Å². The van der Waals surface area contributed by atoms with E-state index in [4.69, 9.17) is 11.6 Å². The second-order valence-corrected chi connectivity index (χ2v) is 5.67. The summed E-state index contributed by atoms with van der Waals surface area (Å²) in [5, 5.41) is 16.4. The van der Waals surface area contributed by atoms with Crippen LogP contribution < -0.4 is 5.32 Å². The number of aromatic nitrogens is 3. The van der Waals surface area contributed by atoms with Gasteiger partial charge in [0.2, 0.25) is 0 Å². The van der Waals surface area contributed by atoms with Crippen molar-refractivity contribution < 1.29 is 9.90 Å². The molecule has 0 unspecified atom stereocenters. The van der Waals surface area contributed by atoms with Crippen LogP contribution in [0.2, 0.25) is 5.02 Å². The van der Waals surface area contributed by atoms with Crippen LogP contribution in [0.25, 0.3) is 0 Å². The summed E-state index contributed by atoms with van der Waals surface area (Å²) in [4.78, 5) is 16.0. The molecule has 0 bridgehead atoms. The Labute approximate surface area is 143 Å². The Bertz CT molecular complexity index is 832. The molecule has 122 valence electrons. The van der Waals surface area contributed by atoms with Crippen molar-refractivity contribution in [3.8, 4) is 5.75 Å². The summed E-state index contributed by atoms with van der Waals surface area (Å²) in [6.45, 7) is 1.06. The van der Waals surface area contributed by atoms with Gasteiger partial charge < -0.3 is 10.4 Å². The Morgan fingerprint density at radius 2 is 1.92 bits per heavy atom. The number of halogens is 1. The smallest absolute Gasteiger partial charge is 0.251 e. The van der Waals surface area contributed by atoms with E-state index in [0.717, 1.165) is 11.1 Å². The minimum atomic E-state index is -0.247. The molecule has 1 amide bonds. The summed E-state index contributed by atoms with van der Waals surface area (Å²) >= 11 is 5.81. The quantitative estimate of drug-likeness (QED) is 0.747. The Morgan fingerprint density at radius 3 is 2.58 bits per heavy atom. The van der Waals surface area contributed by atoms with Crippen molar-refractivity contribution in [2.45, 2.75) is 13.1 Å². The number of benzene rings is 2. The zero-order chi connectivity index (χ0) is 16.9. The van der Waals surface area contributed by atoms with Crippen molar-refractivity contribution in [2.24, 2.45) is 0 Å². The van der Waals surface area contributed by atoms with Gasteiger partial charge in [-0.1, -0.05) is 35.9 Å². The van der Waals surface area contributed by atoms with E-state index >= 15 is 0 Å². The maximum Gasteiger partial charge on any atom is 0.251 e. The highest BCUT2D eigenvalue weighted by atomic mass is 35.5. The molecule has 2 aromatic carbocycles. The number of aromatic hydroxyl groups is 1. The van der Waals surface area contributed by atoms with E-state index < -0.39 is 0 Å². The first-order valence-electron chi connectivity index (χ1n) is 7.29. The van der Waals surface area contributed by atoms with Gasteiger partial charge in [0.1, 0.15) is 18.4 Å². The van der Waals surface area contributed by atoms with Crippen LogP contribution >= 0.6 is 11.6 Å². The largest absolute Gasteiger partial charge is 0.506 e.